The molecule has 2 aromatic carbocycles. The van der Waals surface area contributed by atoms with Gasteiger partial charge >= 0.3 is 22.0 Å². The topological polar surface area (TPSA) is 145 Å². The molecule has 1 aliphatic heterocycles. The predicted octanol–water partition coefficient (Wildman–Crippen LogP) is 2.91. The fourth-order valence-corrected chi connectivity index (χ4v) is 6.32. The molecule has 11 heteroatoms. The summed E-state index contributed by atoms with van der Waals surface area (Å²) in [4.78, 5) is 41.1. The first-order valence-corrected chi connectivity index (χ1v) is 13.0. The molecule has 0 aliphatic carbocycles. The first kappa shape index (κ1) is 25.1. The number of carbonyl (C=O) groups is 3. The van der Waals surface area contributed by atoms with Gasteiger partial charge in [0.1, 0.15) is 6.54 Å². The molecule has 3 aromatic rings. The van der Waals surface area contributed by atoms with E-state index in [1.54, 1.807) is 36.5 Å². The summed E-state index contributed by atoms with van der Waals surface area (Å²) in [5.41, 5.74) is 6.58. The average Bonchev–Trinajstić information content (AvgIpc) is 3.29. The van der Waals surface area contributed by atoms with E-state index < -0.39 is 37.9 Å². The van der Waals surface area contributed by atoms with E-state index in [4.69, 9.17) is 0 Å². The second-order valence-electron chi connectivity index (χ2n) is 8.61. The molecule has 3 amide bonds. The molecule has 36 heavy (non-hydrogen) atoms. The summed E-state index contributed by atoms with van der Waals surface area (Å²) in [5.74, 6) is -1.97. The monoisotopic (exact) mass is 511 g/mol. The third-order valence-corrected chi connectivity index (χ3v) is 8.36. The van der Waals surface area contributed by atoms with E-state index in [1.807, 2.05) is 24.3 Å². The zero-order chi connectivity index (χ0) is 25.8. The Labute approximate surface area is 208 Å². The van der Waals surface area contributed by atoms with Gasteiger partial charge < -0.3 is 10.1 Å². The van der Waals surface area contributed by atoms with Crippen LogP contribution in [0.5, 0.6) is 0 Å². The number of hydrazine groups is 1. The number of carboxylic acids is 1. The number of aromatic nitrogens is 1. The van der Waals surface area contributed by atoms with Gasteiger partial charge in [-0.25, -0.2) is 15.0 Å². The summed E-state index contributed by atoms with van der Waals surface area (Å²) in [7, 11) is -4.46. The molecule has 188 valence electrons. The van der Waals surface area contributed by atoms with Crippen molar-refractivity contribution in [1.29, 1.82) is 0 Å². The fourth-order valence-electron chi connectivity index (χ4n) is 4.56. The van der Waals surface area contributed by atoms with E-state index >= 15 is 0 Å². The molecule has 0 saturated carbocycles. The van der Waals surface area contributed by atoms with Gasteiger partial charge in [0.15, 0.2) is 0 Å². The molecule has 0 radical (unpaired) electrons. The van der Waals surface area contributed by atoms with Crippen molar-refractivity contribution in [3.8, 4) is 0 Å². The fraction of sp³-hybridized carbons (Fsp3) is 0.240. The number of aliphatic carboxylic acids is 1. The Morgan fingerprint density at radius 3 is 2.50 bits per heavy atom. The number of amides is 3. The number of sulfonamides is 1. The van der Waals surface area contributed by atoms with Gasteiger partial charge in [0.25, 0.3) is 0 Å². The normalized spacial score (nSPS) is 20.3. The highest BCUT2D eigenvalue weighted by Gasteiger charge is 2.58. The average molecular weight is 512 g/mol. The number of para-hydroxylation sites is 1. The maximum atomic E-state index is 13.5. The lowest BCUT2D eigenvalue weighted by Gasteiger charge is -2.39. The molecule has 2 atom stereocenters. The van der Waals surface area contributed by atoms with Crippen LogP contribution in [0.1, 0.15) is 30.4 Å². The molecule has 1 aromatic heterocycles. The van der Waals surface area contributed by atoms with Crippen molar-refractivity contribution >= 4 is 44.9 Å². The molecule has 4 N–H and O–H groups in total. The Hall–Kier alpha value is -3.96. The van der Waals surface area contributed by atoms with Gasteiger partial charge in [-0.1, -0.05) is 48.5 Å². The Morgan fingerprint density at radius 2 is 1.75 bits per heavy atom. The number of piperidine rings is 1. The van der Waals surface area contributed by atoms with Gasteiger partial charge in [-0.15, -0.1) is 3.89 Å². The molecule has 1 saturated heterocycles. The van der Waals surface area contributed by atoms with Crippen molar-refractivity contribution in [2.75, 3.05) is 6.54 Å². The summed E-state index contributed by atoms with van der Waals surface area (Å²) in [6.45, 7) is -0.234. The number of hydrogen-bond donors (Lipinski definition) is 4. The second-order valence-corrected chi connectivity index (χ2v) is 10.6. The molecule has 1 aliphatic rings. The molecule has 4 rings (SSSR count). The van der Waals surface area contributed by atoms with Crippen molar-refractivity contribution in [2.45, 2.75) is 31.7 Å². The maximum Gasteiger partial charge on any atom is 0.451 e. The van der Waals surface area contributed by atoms with E-state index in [2.05, 4.69) is 15.8 Å². The number of fused-ring (bicyclic) bond motifs is 1. The lowest BCUT2D eigenvalue weighted by atomic mass is 10.0. The third-order valence-electron chi connectivity index (χ3n) is 6.37. The number of carboxylic acid groups (broad SMARTS) is 1. The van der Waals surface area contributed by atoms with Crippen molar-refractivity contribution in [1.82, 2.24) is 15.8 Å². The molecule has 1 fully saturated rings. The quantitative estimate of drug-likeness (QED) is 0.296. The first-order valence-electron chi connectivity index (χ1n) is 11.5. The lowest BCUT2D eigenvalue weighted by molar-refractivity contribution is -0.748. The van der Waals surface area contributed by atoms with Gasteiger partial charge in [-0.05, 0) is 36.1 Å². The van der Waals surface area contributed by atoms with Crippen molar-refractivity contribution in [2.24, 2.45) is 0 Å². The standard InChI is InChI=1S/C25H26N4O6S/c30-23(16-19-17-26-21-11-5-4-10-20(19)21)27-28-25(33)29(14-7-6-12-22(29)24(31)32)36(34,35)15-13-18-8-2-1-3-9-18/h1-5,8-11,13,15,17,22,26H,6-7,12,14,16H2,(H2-,27,28,30,31,32,33)/p+1/b15-13+/t22-,29-/m0/s1. The van der Waals surface area contributed by atoms with Gasteiger partial charge in [0, 0.05) is 23.5 Å². The molecular formula is C25H27N4O6S+. The number of nitrogens with one attached hydrogen (secondary N) is 3. The van der Waals surface area contributed by atoms with Gasteiger partial charge in [-0.2, -0.15) is 8.42 Å². The van der Waals surface area contributed by atoms with Crippen LogP contribution in [0.2, 0.25) is 0 Å². The van der Waals surface area contributed by atoms with Crippen LogP contribution in [0, 0.1) is 0 Å². The smallest absolute Gasteiger partial charge is 0.451 e. The largest absolute Gasteiger partial charge is 0.477 e. The highest BCUT2D eigenvalue weighted by Crippen LogP contribution is 2.32. The Morgan fingerprint density at radius 1 is 1.03 bits per heavy atom. The number of carbonyl (C=O) groups excluding carboxylic acids is 2. The number of urea groups is 1. The van der Waals surface area contributed by atoms with Gasteiger partial charge in [0.05, 0.1) is 11.8 Å². The summed E-state index contributed by atoms with van der Waals surface area (Å²) >= 11 is 0. The minimum atomic E-state index is -4.46. The van der Waals surface area contributed by atoms with Crippen LogP contribution in [-0.2, 0) is 26.0 Å². The van der Waals surface area contributed by atoms with Crippen LogP contribution in [0.15, 0.2) is 66.2 Å². The number of aromatic amines is 1. The summed E-state index contributed by atoms with van der Waals surface area (Å²) < 4.78 is 25.7. The SMILES string of the molecule is O=C(Cc1c[nH]c2ccccc12)NNC(=O)[N@+]1(S(=O)(=O)/C=C/c2ccccc2)CCCC[C@H]1C(=O)O. The Balaban J connectivity index is 1.57. The zero-order valence-corrected chi connectivity index (χ0v) is 20.2. The highest BCUT2D eigenvalue weighted by molar-refractivity contribution is 7.89. The number of likely N-dealkylation sites (tertiary alicyclic amines) is 1. The molecule has 10 nitrogen and oxygen atoms in total. The minimum absolute atomic E-state index is 0.00441. The van der Waals surface area contributed by atoms with Crippen LogP contribution in [0.3, 0.4) is 0 Å². The van der Waals surface area contributed by atoms with E-state index in [1.165, 1.54) is 6.08 Å². The lowest BCUT2D eigenvalue weighted by Crippen LogP contribution is -2.70. The summed E-state index contributed by atoms with van der Waals surface area (Å²) in [6, 6.07) is 13.4. The third kappa shape index (κ3) is 4.88. The molecule has 2 heterocycles. The Bertz CT molecular complexity index is 1420. The molecule has 0 spiro atoms. The van der Waals surface area contributed by atoms with Crippen molar-refractivity contribution < 1.29 is 31.8 Å². The van der Waals surface area contributed by atoms with Crippen molar-refractivity contribution in [3.05, 3.63) is 77.3 Å². The molecular weight excluding hydrogens is 484 g/mol. The van der Waals surface area contributed by atoms with Crippen molar-refractivity contribution in [3.63, 3.8) is 0 Å². The van der Waals surface area contributed by atoms with E-state index in [0.717, 1.165) is 16.3 Å². The van der Waals surface area contributed by atoms with Crippen LogP contribution < -0.4 is 10.9 Å². The summed E-state index contributed by atoms with van der Waals surface area (Å²) in [5, 5.41) is 11.6. The van der Waals surface area contributed by atoms with Crippen LogP contribution in [0.4, 0.5) is 4.79 Å². The van der Waals surface area contributed by atoms with E-state index in [9.17, 15) is 27.9 Å². The van der Waals surface area contributed by atoms with Gasteiger partial charge in [-0.3, -0.25) is 10.2 Å². The molecule has 0 bridgehead atoms. The highest BCUT2D eigenvalue weighted by atomic mass is 32.2. The second kappa shape index (κ2) is 10.3. The van der Waals surface area contributed by atoms with E-state index in [0.29, 0.717) is 24.0 Å². The van der Waals surface area contributed by atoms with Gasteiger partial charge in [0.2, 0.25) is 11.9 Å². The number of hydrogen-bond acceptors (Lipinski definition) is 5. The zero-order valence-electron chi connectivity index (χ0n) is 19.4. The molecule has 0 unspecified atom stereocenters. The van der Waals surface area contributed by atoms with Crippen LogP contribution >= 0.6 is 0 Å². The number of quaternary nitrogens is 1. The Kier molecular flexibility index (Phi) is 7.22. The number of nitrogens with zero attached hydrogens (tertiary/aromatic N) is 1. The van der Waals surface area contributed by atoms with E-state index in [-0.39, 0.29) is 19.4 Å². The maximum absolute atomic E-state index is 13.5. The number of benzene rings is 2. The number of rotatable bonds is 6. The first-order chi connectivity index (χ1) is 17.2. The minimum Gasteiger partial charge on any atom is -0.477 e. The van der Waals surface area contributed by atoms with Crippen LogP contribution in [-0.4, -0.2) is 52.9 Å². The predicted molar refractivity (Wildman–Crippen MR) is 133 cm³/mol. The summed E-state index contributed by atoms with van der Waals surface area (Å²) in [6.07, 6.45) is 3.74. The van der Waals surface area contributed by atoms with Crippen LogP contribution in [0.25, 0.3) is 17.0 Å². The number of H-pyrrole nitrogens is 1.